The van der Waals surface area contributed by atoms with E-state index in [1.54, 1.807) is 29.1 Å². The minimum Gasteiger partial charge on any atom is -0.481 e. The highest BCUT2D eigenvalue weighted by molar-refractivity contribution is 7.90. The van der Waals surface area contributed by atoms with Crippen LogP contribution in [0.1, 0.15) is 56.4 Å². The van der Waals surface area contributed by atoms with Crippen LogP contribution in [0.2, 0.25) is 5.02 Å². The van der Waals surface area contributed by atoms with Crippen LogP contribution in [-0.2, 0) is 26.0 Å². The van der Waals surface area contributed by atoms with E-state index in [9.17, 15) is 18.0 Å². The lowest BCUT2D eigenvalue weighted by molar-refractivity contribution is -0.137. The number of sulfone groups is 1. The summed E-state index contributed by atoms with van der Waals surface area (Å²) in [6, 6.07) is 6.36. The number of aryl methyl sites for hydroxylation is 1. The lowest BCUT2D eigenvalue weighted by Gasteiger charge is -2.21. The number of aliphatic carboxylic acids is 1. The molecule has 0 saturated heterocycles. The number of carboxylic acid groups (broad SMARTS) is 1. The van der Waals surface area contributed by atoms with Gasteiger partial charge in [0.1, 0.15) is 0 Å². The van der Waals surface area contributed by atoms with Gasteiger partial charge in [0.05, 0.1) is 15.8 Å². The second kappa shape index (κ2) is 10.5. The molecule has 174 valence electrons. The fourth-order valence-corrected chi connectivity index (χ4v) is 5.50. The van der Waals surface area contributed by atoms with E-state index in [0.29, 0.717) is 36.7 Å². The van der Waals surface area contributed by atoms with Crippen LogP contribution < -0.4 is 5.32 Å². The molecule has 0 spiro atoms. The molecule has 1 heterocycles. The van der Waals surface area contributed by atoms with Crippen LogP contribution >= 0.6 is 11.6 Å². The smallest absolute Gasteiger partial charge is 0.303 e. The highest BCUT2D eigenvalue weighted by Gasteiger charge is 2.28. The summed E-state index contributed by atoms with van der Waals surface area (Å²) in [6.07, 6.45) is 8.37. The van der Waals surface area contributed by atoms with Gasteiger partial charge in [0, 0.05) is 31.5 Å². The van der Waals surface area contributed by atoms with E-state index in [0.717, 1.165) is 31.9 Å². The van der Waals surface area contributed by atoms with Gasteiger partial charge in [-0.25, -0.2) is 8.42 Å². The summed E-state index contributed by atoms with van der Waals surface area (Å²) in [7, 11) is -3.46. The number of benzene rings is 1. The SMILES string of the molecule is CS(=O)(=O)c1ccc(C(CC2CCCC2)C(=O)Nc2ccn(CCCC(=O)O)n2)cc1Cl. The number of amides is 1. The highest BCUT2D eigenvalue weighted by atomic mass is 35.5. The molecule has 0 aliphatic heterocycles. The van der Waals surface area contributed by atoms with Crippen LogP contribution in [0.3, 0.4) is 0 Å². The van der Waals surface area contributed by atoms with Crippen molar-refractivity contribution in [3.63, 3.8) is 0 Å². The van der Waals surface area contributed by atoms with Crippen molar-refractivity contribution in [3.8, 4) is 0 Å². The van der Waals surface area contributed by atoms with Crippen molar-refractivity contribution in [1.29, 1.82) is 0 Å². The van der Waals surface area contributed by atoms with Crippen molar-refractivity contribution < 1.29 is 23.1 Å². The van der Waals surface area contributed by atoms with Gasteiger partial charge in [0.15, 0.2) is 15.7 Å². The van der Waals surface area contributed by atoms with Crippen molar-refractivity contribution in [2.45, 2.75) is 62.3 Å². The van der Waals surface area contributed by atoms with Crippen molar-refractivity contribution in [2.75, 3.05) is 11.6 Å². The molecule has 1 atom stereocenters. The van der Waals surface area contributed by atoms with Gasteiger partial charge in [-0.3, -0.25) is 14.3 Å². The predicted molar refractivity (Wildman–Crippen MR) is 122 cm³/mol. The van der Waals surface area contributed by atoms with Crippen LogP contribution in [0.4, 0.5) is 5.82 Å². The molecule has 8 nitrogen and oxygen atoms in total. The number of rotatable bonds is 10. The Morgan fingerprint density at radius 3 is 2.62 bits per heavy atom. The Kier molecular flexibility index (Phi) is 7.95. The van der Waals surface area contributed by atoms with E-state index in [-0.39, 0.29) is 22.2 Å². The minimum atomic E-state index is -3.46. The summed E-state index contributed by atoms with van der Waals surface area (Å²) in [5.41, 5.74) is 0.674. The standard InChI is InChI=1S/C22H28ClN3O5S/c1-32(30,31)19-9-8-16(14-18(19)23)17(13-15-5-2-3-6-15)22(29)24-20-10-12-26(25-20)11-4-7-21(27)28/h8-10,12,14-15,17H,2-7,11,13H2,1H3,(H,27,28)(H,24,25,29). The second-order valence-electron chi connectivity index (χ2n) is 8.35. The highest BCUT2D eigenvalue weighted by Crippen LogP contribution is 2.36. The Labute approximate surface area is 192 Å². The number of carboxylic acids is 1. The molecule has 1 unspecified atom stereocenters. The molecule has 2 aromatic rings. The molecule has 1 aliphatic carbocycles. The Balaban J connectivity index is 1.77. The summed E-state index contributed by atoms with van der Waals surface area (Å²) in [5.74, 6) is -0.758. The van der Waals surface area contributed by atoms with E-state index in [1.165, 1.54) is 6.07 Å². The van der Waals surface area contributed by atoms with Crippen LogP contribution in [-0.4, -0.2) is 41.4 Å². The molecule has 1 amide bonds. The second-order valence-corrected chi connectivity index (χ2v) is 10.7. The Hall–Kier alpha value is -2.39. The number of anilines is 1. The summed E-state index contributed by atoms with van der Waals surface area (Å²) in [4.78, 5) is 23.9. The van der Waals surface area contributed by atoms with Crippen molar-refractivity contribution in [3.05, 3.63) is 41.0 Å². The minimum absolute atomic E-state index is 0.0445. The number of carbonyl (C=O) groups is 2. The monoisotopic (exact) mass is 481 g/mol. The van der Waals surface area contributed by atoms with Crippen LogP contribution in [0, 0.1) is 5.92 Å². The lowest BCUT2D eigenvalue weighted by Crippen LogP contribution is -2.23. The molecule has 1 aliphatic rings. The zero-order valence-electron chi connectivity index (χ0n) is 18.0. The van der Waals surface area contributed by atoms with E-state index in [1.807, 2.05) is 0 Å². The Morgan fingerprint density at radius 2 is 2.00 bits per heavy atom. The number of hydrogen-bond acceptors (Lipinski definition) is 5. The average molecular weight is 482 g/mol. The van der Waals surface area contributed by atoms with Crippen LogP contribution in [0.15, 0.2) is 35.4 Å². The van der Waals surface area contributed by atoms with E-state index >= 15 is 0 Å². The van der Waals surface area contributed by atoms with Gasteiger partial charge in [0.2, 0.25) is 5.91 Å². The van der Waals surface area contributed by atoms with Crippen molar-refractivity contribution in [1.82, 2.24) is 9.78 Å². The third-order valence-electron chi connectivity index (χ3n) is 5.79. The molecular weight excluding hydrogens is 454 g/mol. The van der Waals surface area contributed by atoms with Crippen LogP contribution in [0.5, 0.6) is 0 Å². The maximum absolute atomic E-state index is 13.2. The predicted octanol–water partition coefficient (Wildman–Crippen LogP) is 4.11. The van der Waals surface area contributed by atoms with Gasteiger partial charge in [-0.05, 0) is 36.5 Å². The molecule has 0 bridgehead atoms. The number of hydrogen-bond donors (Lipinski definition) is 2. The van der Waals surface area contributed by atoms with E-state index < -0.39 is 21.7 Å². The first-order valence-corrected chi connectivity index (χ1v) is 13.0. The normalized spacial score (nSPS) is 15.6. The van der Waals surface area contributed by atoms with Crippen molar-refractivity contribution in [2.24, 2.45) is 5.92 Å². The lowest BCUT2D eigenvalue weighted by atomic mass is 9.87. The summed E-state index contributed by atoms with van der Waals surface area (Å²) >= 11 is 6.25. The molecule has 1 fully saturated rings. The number of halogens is 1. The zero-order valence-corrected chi connectivity index (χ0v) is 19.5. The number of nitrogens with one attached hydrogen (secondary N) is 1. The topological polar surface area (TPSA) is 118 Å². The first kappa shape index (κ1) is 24.3. The maximum atomic E-state index is 13.2. The molecule has 3 rings (SSSR count). The Morgan fingerprint density at radius 1 is 1.28 bits per heavy atom. The third-order valence-corrected chi connectivity index (χ3v) is 7.37. The molecule has 1 aromatic heterocycles. The number of carbonyl (C=O) groups excluding carboxylic acids is 1. The maximum Gasteiger partial charge on any atom is 0.303 e. The number of aromatic nitrogens is 2. The molecule has 1 aromatic carbocycles. The van der Waals surface area contributed by atoms with Gasteiger partial charge in [-0.15, -0.1) is 0 Å². The summed E-state index contributed by atoms with van der Waals surface area (Å²) in [6.45, 7) is 0.441. The van der Waals surface area contributed by atoms with Gasteiger partial charge < -0.3 is 10.4 Å². The van der Waals surface area contributed by atoms with Crippen LogP contribution in [0.25, 0.3) is 0 Å². The van der Waals surface area contributed by atoms with Gasteiger partial charge in [-0.1, -0.05) is 43.4 Å². The van der Waals surface area contributed by atoms with Crippen molar-refractivity contribution >= 4 is 39.1 Å². The molecule has 2 N–H and O–H groups in total. The quantitative estimate of drug-likeness (QED) is 0.527. The molecule has 10 heteroatoms. The zero-order chi connectivity index (χ0) is 23.3. The fourth-order valence-electron chi connectivity index (χ4n) is 4.17. The molecule has 1 saturated carbocycles. The van der Waals surface area contributed by atoms with Gasteiger partial charge in [-0.2, -0.15) is 5.10 Å². The molecule has 32 heavy (non-hydrogen) atoms. The van der Waals surface area contributed by atoms with Gasteiger partial charge in [0.25, 0.3) is 0 Å². The largest absolute Gasteiger partial charge is 0.481 e. The first-order valence-electron chi connectivity index (χ1n) is 10.7. The Bertz CT molecular complexity index is 1080. The molecular formula is C22H28ClN3O5S. The van der Waals surface area contributed by atoms with E-state index in [4.69, 9.17) is 16.7 Å². The number of nitrogens with zero attached hydrogens (tertiary/aromatic N) is 2. The fraction of sp³-hybridized carbons (Fsp3) is 0.500. The molecule has 0 radical (unpaired) electrons. The summed E-state index contributed by atoms with van der Waals surface area (Å²) in [5, 5.41) is 16.0. The average Bonchev–Trinajstić information content (AvgIpc) is 3.36. The van der Waals surface area contributed by atoms with E-state index in [2.05, 4.69) is 10.4 Å². The summed E-state index contributed by atoms with van der Waals surface area (Å²) < 4.78 is 25.4. The van der Waals surface area contributed by atoms with Gasteiger partial charge >= 0.3 is 5.97 Å². The third kappa shape index (κ3) is 6.56. The first-order chi connectivity index (χ1) is 15.1.